The third-order valence-electron chi connectivity index (χ3n) is 6.60. The second-order valence-electron chi connectivity index (χ2n) is 9.17. The zero-order chi connectivity index (χ0) is 23.8. The average molecular weight is 474 g/mol. The Bertz CT molecular complexity index is 1410. The van der Waals surface area contributed by atoms with E-state index in [1.807, 2.05) is 0 Å². The van der Waals surface area contributed by atoms with Crippen molar-refractivity contribution >= 4 is 22.6 Å². The van der Waals surface area contributed by atoms with E-state index in [-0.39, 0.29) is 25.3 Å². The first-order valence-corrected chi connectivity index (χ1v) is 11.0. The van der Waals surface area contributed by atoms with Crippen molar-refractivity contribution in [2.24, 2.45) is 0 Å². The van der Waals surface area contributed by atoms with Gasteiger partial charge in [-0.1, -0.05) is 0 Å². The molecule has 1 N–H and O–H groups in total. The van der Waals surface area contributed by atoms with Crippen LogP contribution in [0.5, 0.6) is 0 Å². The van der Waals surface area contributed by atoms with Crippen LogP contribution in [0.3, 0.4) is 0 Å². The van der Waals surface area contributed by atoms with E-state index in [4.69, 9.17) is 0 Å². The van der Waals surface area contributed by atoms with E-state index in [0.717, 1.165) is 0 Å². The first-order valence-electron chi connectivity index (χ1n) is 11.0. The SMILES string of the molecule is Cc1nc2ccc(-c3ccn4nc(N[C@@H]5CCN(C)CC5(F)F)ncc34)nc2n1C1CC1(F)F. The summed E-state index contributed by atoms with van der Waals surface area (Å²) in [6.07, 6.45) is 3.29. The van der Waals surface area contributed by atoms with Gasteiger partial charge in [0.15, 0.2) is 5.65 Å². The molecule has 34 heavy (non-hydrogen) atoms. The molecule has 4 aromatic rings. The Hall–Kier alpha value is -3.28. The molecule has 0 bridgehead atoms. The third-order valence-corrected chi connectivity index (χ3v) is 6.60. The molecule has 4 aromatic heterocycles. The van der Waals surface area contributed by atoms with Crippen LogP contribution in [0, 0.1) is 6.92 Å². The maximum atomic E-state index is 14.4. The highest BCUT2D eigenvalue weighted by molar-refractivity contribution is 5.83. The van der Waals surface area contributed by atoms with E-state index in [1.54, 1.807) is 54.0 Å². The maximum Gasteiger partial charge on any atom is 0.280 e. The van der Waals surface area contributed by atoms with Gasteiger partial charge in [-0.3, -0.25) is 0 Å². The Kier molecular flexibility index (Phi) is 4.45. The number of hydrogen-bond donors (Lipinski definition) is 1. The number of alkyl halides is 4. The van der Waals surface area contributed by atoms with Gasteiger partial charge in [0.25, 0.3) is 11.8 Å². The molecule has 1 saturated heterocycles. The second kappa shape index (κ2) is 7.11. The monoisotopic (exact) mass is 474 g/mol. The number of fused-ring (bicyclic) bond motifs is 2. The third kappa shape index (κ3) is 3.39. The Balaban J connectivity index is 1.33. The van der Waals surface area contributed by atoms with Gasteiger partial charge in [-0.25, -0.2) is 37.0 Å². The van der Waals surface area contributed by atoms with Crippen molar-refractivity contribution in [2.45, 2.75) is 43.7 Å². The number of piperidine rings is 1. The van der Waals surface area contributed by atoms with Gasteiger partial charge >= 0.3 is 0 Å². The molecule has 12 heteroatoms. The highest BCUT2D eigenvalue weighted by Crippen LogP contribution is 2.53. The molecule has 1 saturated carbocycles. The lowest BCUT2D eigenvalue weighted by molar-refractivity contribution is -0.0675. The number of hydrogen-bond acceptors (Lipinski definition) is 6. The zero-order valence-electron chi connectivity index (χ0n) is 18.5. The maximum absolute atomic E-state index is 14.4. The van der Waals surface area contributed by atoms with E-state index in [2.05, 4.69) is 25.4 Å². The Morgan fingerprint density at radius 2 is 1.88 bits per heavy atom. The summed E-state index contributed by atoms with van der Waals surface area (Å²) in [6.45, 7) is 1.93. The van der Waals surface area contributed by atoms with Crippen molar-refractivity contribution in [1.82, 2.24) is 34.0 Å². The van der Waals surface area contributed by atoms with Crippen molar-refractivity contribution < 1.29 is 17.6 Å². The molecule has 8 nitrogen and oxygen atoms in total. The number of anilines is 1. The van der Waals surface area contributed by atoms with Gasteiger partial charge in [0.2, 0.25) is 5.95 Å². The number of aromatic nitrogens is 6. The Morgan fingerprint density at radius 3 is 2.62 bits per heavy atom. The molecule has 0 aromatic carbocycles. The number of pyridine rings is 1. The molecule has 178 valence electrons. The van der Waals surface area contributed by atoms with Crippen molar-refractivity contribution in [1.29, 1.82) is 0 Å². The number of likely N-dealkylation sites (tertiary alicyclic amines) is 1. The standard InChI is InChI=1S/C22H22F4N8/c1-12-28-15-4-3-14(29-19(15)34(12)18-9-21(18,23)24)13-5-8-33-16(13)10-27-20(31-33)30-17-6-7-32(2)11-22(17,25)26/h3-5,8,10,17-18H,6-7,9,11H2,1-2H3,(H,30,31)/t17-,18?/m1/s1. The topological polar surface area (TPSA) is 76.2 Å². The fraction of sp³-hybridized carbons (Fsp3) is 0.455. The van der Waals surface area contributed by atoms with Crippen LogP contribution in [0.2, 0.25) is 0 Å². The first kappa shape index (κ1) is 21.3. The van der Waals surface area contributed by atoms with Gasteiger partial charge in [-0.2, -0.15) is 0 Å². The van der Waals surface area contributed by atoms with Crippen LogP contribution < -0.4 is 5.32 Å². The summed E-state index contributed by atoms with van der Waals surface area (Å²) in [7, 11) is 1.67. The minimum atomic E-state index is -2.90. The summed E-state index contributed by atoms with van der Waals surface area (Å²) in [5.41, 5.74) is 2.83. The lowest BCUT2D eigenvalue weighted by atomic mass is 10.0. The molecule has 6 rings (SSSR count). The molecule has 2 atom stereocenters. The minimum Gasteiger partial charge on any atom is -0.344 e. The summed E-state index contributed by atoms with van der Waals surface area (Å²) < 4.78 is 59.4. The van der Waals surface area contributed by atoms with Gasteiger partial charge in [-0.15, -0.1) is 5.10 Å². The van der Waals surface area contributed by atoms with Crippen LogP contribution >= 0.6 is 0 Å². The molecule has 5 heterocycles. The number of halogens is 4. The van der Waals surface area contributed by atoms with Crippen molar-refractivity contribution in [3.05, 3.63) is 36.4 Å². The van der Waals surface area contributed by atoms with Gasteiger partial charge in [-0.05, 0) is 38.6 Å². The van der Waals surface area contributed by atoms with E-state index >= 15 is 0 Å². The lowest BCUT2D eigenvalue weighted by Gasteiger charge is -2.36. The molecule has 0 radical (unpaired) electrons. The molecule has 1 aliphatic heterocycles. The molecule has 1 unspecified atom stereocenters. The lowest BCUT2D eigenvalue weighted by Crippen LogP contribution is -2.53. The van der Waals surface area contributed by atoms with Crippen LogP contribution in [-0.2, 0) is 0 Å². The van der Waals surface area contributed by atoms with Crippen molar-refractivity contribution in [3.63, 3.8) is 0 Å². The fourth-order valence-corrected chi connectivity index (χ4v) is 4.72. The average Bonchev–Trinajstić information content (AvgIpc) is 3.09. The number of nitrogens with zero attached hydrogens (tertiary/aromatic N) is 7. The first-order chi connectivity index (χ1) is 16.1. The van der Waals surface area contributed by atoms with Crippen LogP contribution in [-0.4, -0.2) is 72.1 Å². The number of aryl methyl sites for hydroxylation is 1. The molecule has 1 aliphatic carbocycles. The Labute approximate surface area is 191 Å². The minimum absolute atomic E-state index is 0.108. The van der Waals surface area contributed by atoms with Gasteiger partial charge in [0, 0.05) is 24.7 Å². The quantitative estimate of drug-likeness (QED) is 0.454. The normalized spacial score (nSPS) is 24.1. The summed E-state index contributed by atoms with van der Waals surface area (Å²) in [6, 6.07) is 3.32. The Morgan fingerprint density at radius 1 is 1.09 bits per heavy atom. The van der Waals surface area contributed by atoms with Crippen LogP contribution in [0.25, 0.3) is 27.9 Å². The number of rotatable bonds is 4. The molecule has 2 fully saturated rings. The van der Waals surface area contributed by atoms with Crippen molar-refractivity contribution in [3.8, 4) is 11.3 Å². The fourth-order valence-electron chi connectivity index (χ4n) is 4.72. The smallest absolute Gasteiger partial charge is 0.280 e. The van der Waals surface area contributed by atoms with Gasteiger partial charge in [0.1, 0.15) is 17.4 Å². The molecule has 0 spiro atoms. The summed E-state index contributed by atoms with van der Waals surface area (Å²) in [5.74, 6) is -5.04. The zero-order valence-corrected chi connectivity index (χ0v) is 18.5. The highest BCUT2D eigenvalue weighted by atomic mass is 19.3. The van der Waals surface area contributed by atoms with E-state index in [9.17, 15) is 17.6 Å². The van der Waals surface area contributed by atoms with E-state index < -0.39 is 23.9 Å². The van der Waals surface area contributed by atoms with Crippen LogP contribution in [0.15, 0.2) is 30.6 Å². The summed E-state index contributed by atoms with van der Waals surface area (Å²) in [4.78, 5) is 14.9. The van der Waals surface area contributed by atoms with E-state index in [1.165, 1.54) is 4.57 Å². The molecular formula is C22H22F4N8. The van der Waals surface area contributed by atoms with Crippen molar-refractivity contribution in [2.75, 3.05) is 25.5 Å². The molecular weight excluding hydrogens is 452 g/mol. The summed E-state index contributed by atoms with van der Waals surface area (Å²) in [5, 5.41) is 7.12. The number of imidazole rings is 1. The molecule has 0 amide bonds. The summed E-state index contributed by atoms with van der Waals surface area (Å²) >= 11 is 0. The largest absolute Gasteiger partial charge is 0.344 e. The van der Waals surface area contributed by atoms with Crippen LogP contribution in [0.1, 0.15) is 24.7 Å². The van der Waals surface area contributed by atoms with E-state index in [0.29, 0.717) is 40.3 Å². The second-order valence-corrected chi connectivity index (χ2v) is 9.17. The number of nitrogens with one attached hydrogen (secondary N) is 1. The van der Waals surface area contributed by atoms with Gasteiger partial charge < -0.3 is 14.8 Å². The highest BCUT2D eigenvalue weighted by Gasteiger charge is 2.59. The van der Waals surface area contributed by atoms with Gasteiger partial charge in [0.05, 0.1) is 30.0 Å². The predicted molar refractivity (Wildman–Crippen MR) is 117 cm³/mol. The van der Waals surface area contributed by atoms with Crippen LogP contribution in [0.4, 0.5) is 23.5 Å². The molecule has 2 aliphatic rings. The predicted octanol–water partition coefficient (Wildman–Crippen LogP) is 3.78.